The minimum atomic E-state index is -4.22. The van der Waals surface area contributed by atoms with E-state index in [0.717, 1.165) is 12.3 Å². The zero-order chi connectivity index (χ0) is 10.3. The normalized spacial score (nSPS) is 33.9. The molecule has 0 aromatic carbocycles. The largest absolute Gasteiger partial charge is 0.494 e. The molecular formula is C9H13F3O. The Hall–Kier alpha value is -0.670. The van der Waals surface area contributed by atoms with Gasteiger partial charge in [0.25, 0.3) is 0 Å². The molecule has 0 saturated heterocycles. The number of hydrogen-bond acceptors (Lipinski definition) is 1. The Morgan fingerprint density at radius 3 is 2.23 bits per heavy atom. The maximum atomic E-state index is 12.5. The van der Waals surface area contributed by atoms with Gasteiger partial charge in [0.1, 0.15) is 11.5 Å². The number of halogens is 3. The third kappa shape index (κ3) is 1.67. The van der Waals surface area contributed by atoms with Crippen LogP contribution >= 0.6 is 0 Å². The minimum absolute atomic E-state index is 0.172. The SMILES string of the molecule is CC(C)C1(C)OC=CC1C(F)(F)F. The Bertz CT molecular complexity index is 219. The Labute approximate surface area is 75.6 Å². The van der Waals surface area contributed by atoms with E-state index >= 15 is 0 Å². The molecule has 0 aromatic heterocycles. The van der Waals surface area contributed by atoms with Crippen molar-refractivity contribution >= 4 is 0 Å². The molecule has 0 aromatic rings. The first-order valence-electron chi connectivity index (χ1n) is 4.19. The van der Waals surface area contributed by atoms with Crippen LogP contribution in [0.3, 0.4) is 0 Å². The highest BCUT2D eigenvalue weighted by Crippen LogP contribution is 2.44. The first kappa shape index (κ1) is 10.4. The summed E-state index contributed by atoms with van der Waals surface area (Å²) in [5.41, 5.74) is -1.14. The fourth-order valence-corrected chi connectivity index (χ4v) is 1.46. The highest BCUT2D eigenvalue weighted by molar-refractivity contribution is 5.07. The van der Waals surface area contributed by atoms with Gasteiger partial charge in [-0.25, -0.2) is 0 Å². The van der Waals surface area contributed by atoms with Crippen LogP contribution in [0.2, 0.25) is 0 Å². The summed E-state index contributed by atoms with van der Waals surface area (Å²) in [5.74, 6) is -1.66. The van der Waals surface area contributed by atoms with Gasteiger partial charge in [0, 0.05) is 0 Å². The van der Waals surface area contributed by atoms with Gasteiger partial charge in [0.05, 0.1) is 6.26 Å². The summed E-state index contributed by atoms with van der Waals surface area (Å²) in [6.07, 6.45) is -1.98. The summed E-state index contributed by atoms with van der Waals surface area (Å²) in [4.78, 5) is 0. The van der Waals surface area contributed by atoms with Gasteiger partial charge >= 0.3 is 6.18 Å². The Morgan fingerprint density at radius 1 is 1.38 bits per heavy atom. The minimum Gasteiger partial charge on any atom is -0.494 e. The summed E-state index contributed by atoms with van der Waals surface area (Å²) in [5, 5.41) is 0. The van der Waals surface area contributed by atoms with Crippen LogP contribution in [-0.4, -0.2) is 11.8 Å². The van der Waals surface area contributed by atoms with Crippen molar-refractivity contribution in [3.63, 3.8) is 0 Å². The summed E-state index contributed by atoms with van der Waals surface area (Å²) in [7, 11) is 0. The second kappa shape index (κ2) is 2.93. The molecule has 0 fully saturated rings. The second-order valence-corrected chi connectivity index (χ2v) is 3.80. The molecule has 0 saturated carbocycles. The molecule has 0 N–H and O–H groups in total. The first-order valence-corrected chi connectivity index (χ1v) is 4.19. The van der Waals surface area contributed by atoms with Gasteiger partial charge in [-0.1, -0.05) is 13.8 Å². The number of rotatable bonds is 1. The average Bonchev–Trinajstić information content (AvgIpc) is 2.31. The molecule has 0 aliphatic carbocycles. The lowest BCUT2D eigenvalue weighted by Gasteiger charge is -2.35. The number of hydrogen-bond donors (Lipinski definition) is 0. The van der Waals surface area contributed by atoms with Crippen LogP contribution in [0.25, 0.3) is 0 Å². The predicted octanol–water partition coefficient (Wildman–Crippen LogP) is 3.12. The second-order valence-electron chi connectivity index (χ2n) is 3.80. The summed E-state index contributed by atoms with van der Waals surface area (Å²) in [6.45, 7) is 4.95. The van der Waals surface area contributed by atoms with Crippen LogP contribution in [0.4, 0.5) is 13.2 Å². The zero-order valence-electron chi connectivity index (χ0n) is 7.85. The Kier molecular flexibility index (Phi) is 2.34. The maximum Gasteiger partial charge on any atom is 0.399 e. The molecule has 4 heteroatoms. The third-order valence-electron chi connectivity index (χ3n) is 2.71. The van der Waals surface area contributed by atoms with E-state index in [1.165, 1.54) is 6.92 Å². The summed E-state index contributed by atoms with van der Waals surface area (Å²) < 4.78 is 42.5. The van der Waals surface area contributed by atoms with E-state index in [2.05, 4.69) is 0 Å². The smallest absolute Gasteiger partial charge is 0.399 e. The van der Waals surface area contributed by atoms with Crippen LogP contribution in [0.1, 0.15) is 20.8 Å². The predicted molar refractivity (Wildman–Crippen MR) is 43.0 cm³/mol. The van der Waals surface area contributed by atoms with E-state index in [-0.39, 0.29) is 5.92 Å². The van der Waals surface area contributed by atoms with Gasteiger partial charge < -0.3 is 4.74 Å². The van der Waals surface area contributed by atoms with Gasteiger partial charge in [0.2, 0.25) is 0 Å². The van der Waals surface area contributed by atoms with Crippen molar-refractivity contribution < 1.29 is 17.9 Å². The van der Waals surface area contributed by atoms with Gasteiger partial charge in [-0.2, -0.15) is 13.2 Å². The molecule has 1 aliphatic rings. The van der Waals surface area contributed by atoms with E-state index in [9.17, 15) is 13.2 Å². The lowest BCUT2D eigenvalue weighted by molar-refractivity contribution is -0.207. The molecule has 1 aliphatic heterocycles. The van der Waals surface area contributed by atoms with E-state index in [4.69, 9.17) is 4.74 Å². The molecule has 0 amide bonds. The maximum absolute atomic E-state index is 12.5. The lowest BCUT2D eigenvalue weighted by atomic mass is 9.81. The van der Waals surface area contributed by atoms with Crippen molar-refractivity contribution in [3.05, 3.63) is 12.3 Å². The van der Waals surface area contributed by atoms with Crippen molar-refractivity contribution in [2.75, 3.05) is 0 Å². The zero-order valence-corrected chi connectivity index (χ0v) is 7.85. The summed E-state index contributed by atoms with van der Waals surface area (Å²) in [6, 6.07) is 0. The molecule has 76 valence electrons. The molecule has 13 heavy (non-hydrogen) atoms. The quantitative estimate of drug-likeness (QED) is 0.623. The van der Waals surface area contributed by atoms with Crippen molar-refractivity contribution in [3.8, 4) is 0 Å². The van der Waals surface area contributed by atoms with Gasteiger partial charge in [0.15, 0.2) is 0 Å². The van der Waals surface area contributed by atoms with E-state index in [0.29, 0.717) is 0 Å². The average molecular weight is 194 g/mol. The lowest BCUT2D eigenvalue weighted by Crippen LogP contribution is -2.44. The molecule has 0 spiro atoms. The van der Waals surface area contributed by atoms with Crippen molar-refractivity contribution in [2.45, 2.75) is 32.5 Å². The van der Waals surface area contributed by atoms with Crippen molar-refractivity contribution in [2.24, 2.45) is 11.8 Å². The van der Waals surface area contributed by atoms with Crippen LogP contribution < -0.4 is 0 Å². The molecule has 1 nitrogen and oxygen atoms in total. The molecule has 2 unspecified atom stereocenters. The fourth-order valence-electron chi connectivity index (χ4n) is 1.46. The Balaban J connectivity index is 2.91. The number of ether oxygens (including phenoxy) is 1. The van der Waals surface area contributed by atoms with Gasteiger partial charge in [-0.3, -0.25) is 0 Å². The van der Waals surface area contributed by atoms with Crippen molar-refractivity contribution in [1.82, 2.24) is 0 Å². The van der Waals surface area contributed by atoms with Crippen molar-refractivity contribution in [1.29, 1.82) is 0 Å². The van der Waals surface area contributed by atoms with E-state index < -0.39 is 17.7 Å². The van der Waals surface area contributed by atoms with Gasteiger partial charge in [-0.05, 0) is 18.9 Å². The summed E-state index contributed by atoms with van der Waals surface area (Å²) >= 11 is 0. The third-order valence-corrected chi connectivity index (χ3v) is 2.71. The van der Waals surface area contributed by atoms with Gasteiger partial charge in [-0.15, -0.1) is 0 Å². The highest BCUT2D eigenvalue weighted by Gasteiger charge is 2.54. The Morgan fingerprint density at radius 2 is 1.92 bits per heavy atom. The topological polar surface area (TPSA) is 9.23 Å². The molecule has 2 atom stereocenters. The number of alkyl halides is 3. The molecule has 1 heterocycles. The van der Waals surface area contributed by atoms with Crippen LogP contribution in [0.15, 0.2) is 12.3 Å². The van der Waals surface area contributed by atoms with E-state index in [1.54, 1.807) is 13.8 Å². The van der Waals surface area contributed by atoms with Crippen LogP contribution in [0.5, 0.6) is 0 Å². The van der Waals surface area contributed by atoms with Crippen LogP contribution in [0, 0.1) is 11.8 Å². The van der Waals surface area contributed by atoms with E-state index in [1.807, 2.05) is 0 Å². The fraction of sp³-hybridized carbons (Fsp3) is 0.778. The molecule has 0 bridgehead atoms. The molecular weight excluding hydrogens is 181 g/mol. The molecule has 1 rings (SSSR count). The monoisotopic (exact) mass is 194 g/mol. The van der Waals surface area contributed by atoms with Crippen LogP contribution in [-0.2, 0) is 4.74 Å². The molecule has 0 radical (unpaired) electrons. The standard InChI is InChI=1S/C9H13F3O/c1-6(2)8(3)7(4-5-13-8)9(10,11)12/h4-7H,1-3H3. The first-order chi connectivity index (χ1) is 5.78. The highest BCUT2D eigenvalue weighted by atomic mass is 19.4.